The molecule has 0 spiro atoms. The molecule has 0 rings (SSSR count). The summed E-state index contributed by atoms with van der Waals surface area (Å²) in [5, 5.41) is 3.48. The van der Waals surface area contributed by atoms with Gasteiger partial charge in [0.25, 0.3) is 0 Å². The molecular formula is C49H93NO4. The predicted molar refractivity (Wildman–Crippen MR) is 236 cm³/mol. The highest BCUT2D eigenvalue weighted by Gasteiger charge is 2.14. The predicted octanol–water partition coefficient (Wildman–Crippen LogP) is 15.1. The molecule has 0 aromatic carbocycles. The Labute approximate surface area is 337 Å². The molecule has 0 aromatic heterocycles. The standard InChI is InChI=1S/C49H93NO4/c1-5-9-11-13-15-17-19-21-23-25-27-29-31-33-35-37-41-47(54-48(51)43-39-45-50-46-40-44-49(52-7-3)53-8-4)42-38-36-34-32-30-28-26-24-22-20-18-16-14-12-10-6-2/h13-16,19,21,47,49-50H,5-12,17-18,20,22-46H2,1-4H3/b15-13-,16-14-,21-19-. The van der Waals surface area contributed by atoms with E-state index < -0.39 is 0 Å². The lowest BCUT2D eigenvalue weighted by Crippen LogP contribution is -2.23. The number of hydrogen-bond acceptors (Lipinski definition) is 5. The third-order valence-corrected chi connectivity index (χ3v) is 10.3. The van der Waals surface area contributed by atoms with E-state index in [9.17, 15) is 4.79 Å². The van der Waals surface area contributed by atoms with Crippen molar-refractivity contribution in [3.8, 4) is 0 Å². The maximum atomic E-state index is 12.8. The molecule has 0 saturated carbocycles. The van der Waals surface area contributed by atoms with Gasteiger partial charge in [-0.3, -0.25) is 4.79 Å². The minimum absolute atomic E-state index is 0.0105. The first-order valence-electron chi connectivity index (χ1n) is 23.8. The Morgan fingerprint density at radius 1 is 0.463 bits per heavy atom. The Morgan fingerprint density at radius 3 is 1.33 bits per heavy atom. The second-order valence-corrected chi connectivity index (χ2v) is 15.5. The molecule has 5 heteroatoms. The van der Waals surface area contributed by atoms with Gasteiger partial charge in [0, 0.05) is 19.6 Å². The molecule has 0 aliphatic rings. The normalized spacial score (nSPS) is 12.7. The molecule has 0 radical (unpaired) electrons. The van der Waals surface area contributed by atoms with Gasteiger partial charge in [-0.15, -0.1) is 0 Å². The topological polar surface area (TPSA) is 56.8 Å². The zero-order valence-corrected chi connectivity index (χ0v) is 36.7. The van der Waals surface area contributed by atoms with Gasteiger partial charge in [0.1, 0.15) is 6.10 Å². The fraction of sp³-hybridized carbons (Fsp3) is 0.857. The van der Waals surface area contributed by atoms with Gasteiger partial charge in [-0.05, 0) is 117 Å². The van der Waals surface area contributed by atoms with E-state index in [1.165, 1.54) is 161 Å². The lowest BCUT2D eigenvalue weighted by atomic mass is 10.0. The van der Waals surface area contributed by atoms with E-state index in [-0.39, 0.29) is 18.4 Å². The van der Waals surface area contributed by atoms with E-state index in [2.05, 4.69) is 55.6 Å². The van der Waals surface area contributed by atoms with E-state index in [1.54, 1.807) is 0 Å². The first-order valence-corrected chi connectivity index (χ1v) is 23.8. The van der Waals surface area contributed by atoms with Crippen molar-refractivity contribution < 1.29 is 19.0 Å². The molecule has 0 bridgehead atoms. The summed E-state index contributed by atoms with van der Waals surface area (Å²) < 4.78 is 17.4. The highest BCUT2D eigenvalue weighted by molar-refractivity contribution is 5.69. The van der Waals surface area contributed by atoms with Crippen LogP contribution in [0.5, 0.6) is 0 Å². The maximum absolute atomic E-state index is 12.8. The molecule has 1 N–H and O–H groups in total. The van der Waals surface area contributed by atoms with Gasteiger partial charge in [0.15, 0.2) is 6.29 Å². The van der Waals surface area contributed by atoms with Crippen molar-refractivity contribution in [2.75, 3.05) is 26.3 Å². The van der Waals surface area contributed by atoms with Gasteiger partial charge in [-0.2, -0.15) is 0 Å². The van der Waals surface area contributed by atoms with Crippen molar-refractivity contribution in [3.05, 3.63) is 36.5 Å². The Bertz CT molecular complexity index is 818. The van der Waals surface area contributed by atoms with Crippen molar-refractivity contribution in [2.24, 2.45) is 0 Å². The fourth-order valence-corrected chi connectivity index (χ4v) is 6.92. The number of carbonyl (C=O) groups excluding carboxylic acids is 1. The molecule has 0 aromatic rings. The first-order chi connectivity index (χ1) is 26.7. The van der Waals surface area contributed by atoms with Crippen LogP contribution in [0.15, 0.2) is 36.5 Å². The monoisotopic (exact) mass is 760 g/mol. The summed E-state index contributed by atoms with van der Waals surface area (Å²) >= 11 is 0. The second-order valence-electron chi connectivity index (χ2n) is 15.5. The van der Waals surface area contributed by atoms with E-state index in [1.807, 2.05) is 13.8 Å². The largest absolute Gasteiger partial charge is 0.462 e. The van der Waals surface area contributed by atoms with E-state index in [4.69, 9.17) is 14.2 Å². The molecular weight excluding hydrogens is 667 g/mol. The van der Waals surface area contributed by atoms with E-state index in [0.29, 0.717) is 19.6 Å². The van der Waals surface area contributed by atoms with Crippen molar-refractivity contribution in [1.82, 2.24) is 5.32 Å². The number of ether oxygens (including phenoxy) is 3. The highest BCUT2D eigenvalue weighted by Crippen LogP contribution is 2.19. The van der Waals surface area contributed by atoms with E-state index in [0.717, 1.165) is 51.6 Å². The summed E-state index contributed by atoms with van der Waals surface area (Å²) in [5.74, 6) is -0.0105. The number of hydrogen-bond donors (Lipinski definition) is 1. The summed E-state index contributed by atoms with van der Waals surface area (Å²) in [6, 6.07) is 0. The summed E-state index contributed by atoms with van der Waals surface area (Å²) in [4.78, 5) is 12.8. The van der Waals surface area contributed by atoms with Crippen molar-refractivity contribution in [2.45, 2.75) is 246 Å². The van der Waals surface area contributed by atoms with Crippen LogP contribution in [0.4, 0.5) is 0 Å². The molecule has 0 amide bonds. The molecule has 5 nitrogen and oxygen atoms in total. The average Bonchev–Trinajstić information content (AvgIpc) is 3.17. The maximum Gasteiger partial charge on any atom is 0.306 e. The van der Waals surface area contributed by atoms with Crippen LogP contribution in [0.1, 0.15) is 233 Å². The van der Waals surface area contributed by atoms with Crippen LogP contribution in [-0.2, 0) is 19.0 Å². The van der Waals surface area contributed by atoms with Crippen LogP contribution in [0.3, 0.4) is 0 Å². The Hall–Kier alpha value is -1.43. The number of esters is 1. The van der Waals surface area contributed by atoms with Crippen LogP contribution in [0.2, 0.25) is 0 Å². The van der Waals surface area contributed by atoms with Gasteiger partial charge in [0.05, 0.1) is 0 Å². The van der Waals surface area contributed by atoms with Crippen LogP contribution in [-0.4, -0.2) is 44.7 Å². The first kappa shape index (κ1) is 52.6. The number of nitrogens with one attached hydrogen (secondary N) is 1. The minimum Gasteiger partial charge on any atom is -0.462 e. The van der Waals surface area contributed by atoms with Crippen LogP contribution < -0.4 is 5.32 Å². The van der Waals surface area contributed by atoms with Crippen LogP contribution in [0.25, 0.3) is 0 Å². The minimum atomic E-state index is -0.105. The zero-order chi connectivity index (χ0) is 39.3. The lowest BCUT2D eigenvalue weighted by molar-refractivity contribution is -0.150. The van der Waals surface area contributed by atoms with Crippen molar-refractivity contribution in [1.29, 1.82) is 0 Å². The zero-order valence-electron chi connectivity index (χ0n) is 36.7. The van der Waals surface area contributed by atoms with Gasteiger partial charge in [-0.25, -0.2) is 0 Å². The smallest absolute Gasteiger partial charge is 0.306 e. The summed E-state index contributed by atoms with van der Waals surface area (Å²) in [6.07, 6.45) is 53.0. The third-order valence-electron chi connectivity index (χ3n) is 10.3. The number of carbonyl (C=O) groups is 1. The van der Waals surface area contributed by atoms with Crippen LogP contribution in [0, 0.1) is 0 Å². The van der Waals surface area contributed by atoms with Crippen LogP contribution >= 0.6 is 0 Å². The highest BCUT2D eigenvalue weighted by atomic mass is 16.7. The molecule has 54 heavy (non-hydrogen) atoms. The molecule has 318 valence electrons. The molecule has 1 unspecified atom stereocenters. The number of allylic oxidation sites excluding steroid dienone is 6. The Balaban J connectivity index is 4.22. The third kappa shape index (κ3) is 41.7. The molecule has 0 saturated heterocycles. The average molecular weight is 760 g/mol. The SMILES string of the molecule is CCCC/C=C\C/C=C\CCCCCCCCCC(CCCCCCCCCCCC/C=C\CCCC)OC(=O)CCCNCCCC(OCC)OCC. The summed E-state index contributed by atoms with van der Waals surface area (Å²) in [5.41, 5.74) is 0. The van der Waals surface area contributed by atoms with Crippen molar-refractivity contribution >= 4 is 5.97 Å². The fourth-order valence-electron chi connectivity index (χ4n) is 6.92. The number of rotatable bonds is 44. The molecule has 1 atom stereocenters. The molecule has 0 aliphatic heterocycles. The number of unbranched alkanes of at least 4 members (excludes halogenated alkanes) is 21. The van der Waals surface area contributed by atoms with Gasteiger partial charge in [0.2, 0.25) is 0 Å². The molecule has 0 heterocycles. The molecule has 0 fully saturated rings. The lowest BCUT2D eigenvalue weighted by Gasteiger charge is -2.18. The Morgan fingerprint density at radius 2 is 0.870 bits per heavy atom. The molecule has 0 aliphatic carbocycles. The quantitative estimate of drug-likeness (QED) is 0.0290. The van der Waals surface area contributed by atoms with Gasteiger partial charge >= 0.3 is 5.97 Å². The summed E-state index contributed by atoms with van der Waals surface area (Å²) in [6.45, 7) is 11.6. The van der Waals surface area contributed by atoms with Crippen molar-refractivity contribution in [3.63, 3.8) is 0 Å². The summed E-state index contributed by atoms with van der Waals surface area (Å²) in [7, 11) is 0. The Kier molecular flexibility index (Phi) is 44.7. The van der Waals surface area contributed by atoms with E-state index >= 15 is 0 Å². The second kappa shape index (κ2) is 46.0. The van der Waals surface area contributed by atoms with Gasteiger partial charge < -0.3 is 19.5 Å². The van der Waals surface area contributed by atoms with Gasteiger partial charge in [-0.1, -0.05) is 159 Å².